The molecule has 2 heterocycles. The molecule has 88 valence electrons. The highest BCUT2D eigenvalue weighted by Crippen LogP contribution is 2.15. The van der Waals surface area contributed by atoms with E-state index in [-0.39, 0.29) is 0 Å². The second-order valence-corrected chi connectivity index (χ2v) is 4.86. The van der Waals surface area contributed by atoms with Crippen molar-refractivity contribution in [3.63, 3.8) is 0 Å². The van der Waals surface area contributed by atoms with Gasteiger partial charge in [0.1, 0.15) is 0 Å². The number of nitrogens with zero attached hydrogens (tertiary/aromatic N) is 2. The fourth-order valence-electron chi connectivity index (χ4n) is 2.87. The zero-order valence-corrected chi connectivity index (χ0v) is 10.0. The van der Waals surface area contributed by atoms with E-state index in [9.17, 15) is 0 Å². The maximum Gasteiger partial charge on any atom is 0.0480 e. The van der Waals surface area contributed by atoms with Crippen LogP contribution in [-0.2, 0) is 0 Å². The summed E-state index contributed by atoms with van der Waals surface area (Å²) in [6, 6.07) is 0.803. The van der Waals surface area contributed by atoms with Crippen LogP contribution in [0.4, 0.5) is 0 Å². The molecule has 2 aliphatic rings. The fourth-order valence-corrected chi connectivity index (χ4v) is 2.87. The van der Waals surface area contributed by atoms with Crippen molar-refractivity contribution in [1.29, 1.82) is 0 Å². The van der Waals surface area contributed by atoms with Crippen LogP contribution in [-0.4, -0.2) is 55.2 Å². The zero-order chi connectivity index (χ0) is 10.5. The van der Waals surface area contributed by atoms with Gasteiger partial charge in [-0.2, -0.15) is 0 Å². The van der Waals surface area contributed by atoms with Crippen LogP contribution in [0, 0.1) is 0 Å². The van der Waals surface area contributed by atoms with E-state index in [1.807, 2.05) is 0 Å². The maximum atomic E-state index is 3.62. The van der Waals surface area contributed by atoms with Crippen LogP contribution in [0.25, 0.3) is 0 Å². The molecule has 0 saturated carbocycles. The fraction of sp³-hybridized carbons (Fsp3) is 1.00. The molecule has 2 saturated heterocycles. The molecule has 3 heteroatoms. The molecule has 0 aromatic carbocycles. The summed E-state index contributed by atoms with van der Waals surface area (Å²) >= 11 is 0. The van der Waals surface area contributed by atoms with Gasteiger partial charge in [0.25, 0.3) is 0 Å². The summed E-state index contributed by atoms with van der Waals surface area (Å²) in [5.41, 5.74) is 0. The van der Waals surface area contributed by atoms with Crippen LogP contribution in [0.1, 0.15) is 32.6 Å². The van der Waals surface area contributed by atoms with E-state index in [1.54, 1.807) is 0 Å². The van der Waals surface area contributed by atoms with E-state index < -0.39 is 0 Å². The number of rotatable bonds is 5. The van der Waals surface area contributed by atoms with Crippen molar-refractivity contribution in [1.82, 2.24) is 15.1 Å². The number of hydrogen-bond donors (Lipinski definition) is 1. The molecule has 15 heavy (non-hydrogen) atoms. The third kappa shape index (κ3) is 3.16. The van der Waals surface area contributed by atoms with Crippen molar-refractivity contribution in [2.24, 2.45) is 0 Å². The molecule has 0 radical (unpaired) electrons. The minimum atomic E-state index is 0.803. The Hall–Kier alpha value is -0.120. The molecule has 1 unspecified atom stereocenters. The standard InChI is InChI=1S/C12H25N3/c1-2-15-9-5-6-12(15)10-13-11-14-7-3-4-8-14/h12-13H,2-11H2,1H3. The van der Waals surface area contributed by atoms with Crippen LogP contribution in [0.5, 0.6) is 0 Å². The van der Waals surface area contributed by atoms with E-state index in [1.165, 1.54) is 58.4 Å². The van der Waals surface area contributed by atoms with Gasteiger partial charge in [-0.1, -0.05) is 6.92 Å². The lowest BCUT2D eigenvalue weighted by atomic mass is 10.2. The Balaban J connectivity index is 1.60. The monoisotopic (exact) mass is 211 g/mol. The Labute approximate surface area is 93.8 Å². The van der Waals surface area contributed by atoms with Gasteiger partial charge in [-0.25, -0.2) is 0 Å². The van der Waals surface area contributed by atoms with Crippen molar-refractivity contribution in [3.05, 3.63) is 0 Å². The predicted molar refractivity (Wildman–Crippen MR) is 63.9 cm³/mol. The summed E-state index contributed by atoms with van der Waals surface area (Å²) in [5, 5.41) is 3.62. The first-order valence-corrected chi connectivity index (χ1v) is 6.57. The largest absolute Gasteiger partial charge is 0.303 e. The van der Waals surface area contributed by atoms with E-state index in [2.05, 4.69) is 22.0 Å². The average molecular weight is 211 g/mol. The van der Waals surface area contributed by atoms with Gasteiger partial charge in [-0.15, -0.1) is 0 Å². The van der Waals surface area contributed by atoms with Gasteiger partial charge in [0.15, 0.2) is 0 Å². The Morgan fingerprint density at radius 2 is 1.93 bits per heavy atom. The predicted octanol–water partition coefficient (Wildman–Crippen LogP) is 1.11. The second kappa shape index (κ2) is 5.83. The van der Waals surface area contributed by atoms with Crippen molar-refractivity contribution < 1.29 is 0 Å². The molecule has 0 aromatic heterocycles. The lowest BCUT2D eigenvalue weighted by Gasteiger charge is -2.24. The Morgan fingerprint density at radius 1 is 1.13 bits per heavy atom. The Bertz CT molecular complexity index is 178. The second-order valence-electron chi connectivity index (χ2n) is 4.86. The summed E-state index contributed by atoms with van der Waals surface area (Å²) in [6.45, 7) is 9.70. The molecule has 1 N–H and O–H groups in total. The zero-order valence-electron chi connectivity index (χ0n) is 10.0. The Morgan fingerprint density at radius 3 is 2.67 bits per heavy atom. The molecule has 1 atom stereocenters. The third-order valence-corrected chi connectivity index (χ3v) is 3.82. The van der Waals surface area contributed by atoms with E-state index in [4.69, 9.17) is 0 Å². The number of likely N-dealkylation sites (tertiary alicyclic amines) is 2. The quantitative estimate of drug-likeness (QED) is 0.735. The van der Waals surface area contributed by atoms with E-state index in [0.717, 1.165) is 12.7 Å². The molecule has 2 fully saturated rings. The highest BCUT2D eigenvalue weighted by molar-refractivity contribution is 4.80. The maximum absolute atomic E-state index is 3.62. The molecule has 0 spiro atoms. The van der Waals surface area contributed by atoms with Crippen molar-refractivity contribution >= 4 is 0 Å². The molecule has 0 amide bonds. The summed E-state index contributed by atoms with van der Waals surface area (Å²) in [4.78, 5) is 5.14. The van der Waals surface area contributed by atoms with Gasteiger partial charge in [0.2, 0.25) is 0 Å². The molecular weight excluding hydrogens is 186 g/mol. The van der Waals surface area contributed by atoms with Gasteiger partial charge in [0.05, 0.1) is 0 Å². The highest BCUT2D eigenvalue weighted by atomic mass is 15.2. The molecular formula is C12H25N3. The summed E-state index contributed by atoms with van der Waals surface area (Å²) < 4.78 is 0. The highest BCUT2D eigenvalue weighted by Gasteiger charge is 2.22. The van der Waals surface area contributed by atoms with Gasteiger partial charge in [-0.05, 0) is 51.9 Å². The lowest BCUT2D eigenvalue weighted by molar-refractivity contribution is 0.239. The van der Waals surface area contributed by atoms with Gasteiger partial charge >= 0.3 is 0 Å². The van der Waals surface area contributed by atoms with Crippen molar-refractivity contribution in [3.8, 4) is 0 Å². The van der Waals surface area contributed by atoms with Gasteiger partial charge in [-0.3, -0.25) is 9.80 Å². The van der Waals surface area contributed by atoms with Crippen LogP contribution in [0.15, 0.2) is 0 Å². The molecule has 3 nitrogen and oxygen atoms in total. The van der Waals surface area contributed by atoms with Crippen molar-refractivity contribution in [2.45, 2.75) is 38.6 Å². The smallest absolute Gasteiger partial charge is 0.0480 e. The lowest BCUT2D eigenvalue weighted by Crippen LogP contribution is -2.41. The summed E-state index contributed by atoms with van der Waals surface area (Å²) in [5.74, 6) is 0. The first-order valence-electron chi connectivity index (χ1n) is 6.57. The topological polar surface area (TPSA) is 18.5 Å². The van der Waals surface area contributed by atoms with Gasteiger partial charge < -0.3 is 5.32 Å². The van der Waals surface area contributed by atoms with Gasteiger partial charge in [0, 0.05) is 19.3 Å². The number of hydrogen-bond acceptors (Lipinski definition) is 3. The molecule has 2 rings (SSSR count). The summed E-state index contributed by atoms with van der Waals surface area (Å²) in [7, 11) is 0. The molecule has 0 aliphatic carbocycles. The minimum absolute atomic E-state index is 0.803. The first-order chi connectivity index (χ1) is 7.40. The van der Waals surface area contributed by atoms with E-state index >= 15 is 0 Å². The number of likely N-dealkylation sites (N-methyl/N-ethyl adjacent to an activating group) is 1. The van der Waals surface area contributed by atoms with Crippen LogP contribution >= 0.6 is 0 Å². The molecule has 0 aromatic rings. The molecule has 0 bridgehead atoms. The number of nitrogens with one attached hydrogen (secondary N) is 1. The average Bonchev–Trinajstić information content (AvgIpc) is 2.88. The Kier molecular flexibility index (Phi) is 4.42. The summed E-state index contributed by atoms with van der Waals surface area (Å²) in [6.07, 6.45) is 5.57. The van der Waals surface area contributed by atoms with Crippen LogP contribution < -0.4 is 5.32 Å². The van der Waals surface area contributed by atoms with E-state index in [0.29, 0.717) is 0 Å². The van der Waals surface area contributed by atoms with Crippen molar-refractivity contribution in [2.75, 3.05) is 39.4 Å². The SMILES string of the molecule is CCN1CCCC1CNCN1CCCC1. The minimum Gasteiger partial charge on any atom is -0.303 e. The molecule has 2 aliphatic heterocycles. The first kappa shape index (κ1) is 11.4. The van der Waals surface area contributed by atoms with Crippen LogP contribution in [0.3, 0.4) is 0 Å². The normalized spacial score (nSPS) is 29.0. The van der Waals surface area contributed by atoms with Crippen LogP contribution in [0.2, 0.25) is 0 Å². The third-order valence-electron chi connectivity index (χ3n) is 3.82.